The molecule has 1 heterocycles. The number of hydrogen-bond donors (Lipinski definition) is 0. The number of piperazine rings is 1. The average Bonchev–Trinajstić information content (AvgIpc) is 2.45. The first-order valence-electron chi connectivity index (χ1n) is 6.85. The molecular formula is C15H17F3N2OS. The fourth-order valence-electron chi connectivity index (χ4n) is 2.08. The molecule has 3 nitrogen and oxygen atoms in total. The molecule has 0 radical (unpaired) electrons. The number of halogens is 3. The van der Waals surface area contributed by atoms with Gasteiger partial charge in [-0.25, -0.2) is 0 Å². The van der Waals surface area contributed by atoms with Crippen molar-refractivity contribution >= 4 is 23.7 Å². The first kappa shape index (κ1) is 16.9. The van der Waals surface area contributed by atoms with E-state index in [4.69, 9.17) is 0 Å². The van der Waals surface area contributed by atoms with Crippen LogP contribution in [0.4, 0.5) is 13.2 Å². The molecule has 1 aliphatic rings. The third-order valence-electron chi connectivity index (χ3n) is 3.35. The summed E-state index contributed by atoms with van der Waals surface area (Å²) in [5.41, 5.74) is -3.58. The van der Waals surface area contributed by atoms with Gasteiger partial charge in [-0.3, -0.25) is 4.79 Å². The Morgan fingerprint density at radius 1 is 1.14 bits per heavy atom. The van der Waals surface area contributed by atoms with Crippen LogP contribution in [0.25, 0.3) is 6.08 Å². The maximum absolute atomic E-state index is 12.2. The van der Waals surface area contributed by atoms with E-state index in [1.165, 1.54) is 18.2 Å². The highest BCUT2D eigenvalue weighted by Gasteiger charge is 2.28. The molecule has 0 N–H and O–H groups in total. The van der Waals surface area contributed by atoms with Crippen LogP contribution < -0.4 is 0 Å². The summed E-state index contributed by atoms with van der Waals surface area (Å²) in [6.45, 7) is 3.09. The van der Waals surface area contributed by atoms with Gasteiger partial charge in [0.1, 0.15) is 0 Å². The van der Waals surface area contributed by atoms with Crippen molar-refractivity contribution in [2.45, 2.75) is 10.4 Å². The van der Waals surface area contributed by atoms with Crippen LogP contribution >= 0.6 is 11.8 Å². The standard InChI is InChI=1S/C15H17F3N2OS/c1-19-8-10-20(11-9-19)14(21)7-4-12-2-5-13(6-3-12)22-15(16,17)18/h2-7H,8-11H2,1H3/b7-4+. The van der Waals surface area contributed by atoms with Crippen molar-refractivity contribution in [1.82, 2.24) is 9.80 Å². The number of rotatable bonds is 3. The molecule has 0 spiro atoms. The molecule has 1 aliphatic heterocycles. The Kier molecular flexibility index (Phi) is 5.52. The van der Waals surface area contributed by atoms with Gasteiger partial charge >= 0.3 is 5.51 Å². The van der Waals surface area contributed by atoms with Gasteiger partial charge in [0.15, 0.2) is 0 Å². The zero-order chi connectivity index (χ0) is 16.2. The lowest BCUT2D eigenvalue weighted by molar-refractivity contribution is -0.127. The number of benzene rings is 1. The maximum Gasteiger partial charge on any atom is 0.446 e. The lowest BCUT2D eigenvalue weighted by Crippen LogP contribution is -2.46. The highest BCUT2D eigenvalue weighted by atomic mass is 32.2. The van der Waals surface area contributed by atoms with Gasteiger partial charge in [-0.05, 0) is 42.6 Å². The zero-order valence-electron chi connectivity index (χ0n) is 12.1. The lowest BCUT2D eigenvalue weighted by atomic mass is 10.2. The number of carbonyl (C=O) groups is 1. The van der Waals surface area contributed by atoms with E-state index in [9.17, 15) is 18.0 Å². The molecule has 0 unspecified atom stereocenters. The molecule has 0 bridgehead atoms. The van der Waals surface area contributed by atoms with Crippen molar-refractivity contribution < 1.29 is 18.0 Å². The molecule has 0 aromatic heterocycles. The summed E-state index contributed by atoms with van der Waals surface area (Å²) in [6, 6.07) is 5.94. The average molecular weight is 330 g/mol. The molecular weight excluding hydrogens is 313 g/mol. The minimum Gasteiger partial charge on any atom is -0.337 e. The van der Waals surface area contributed by atoms with Crippen LogP contribution in [0, 0.1) is 0 Å². The number of carbonyl (C=O) groups excluding carboxylic acids is 1. The SMILES string of the molecule is CN1CCN(C(=O)/C=C/c2ccc(SC(F)(F)F)cc2)CC1. The van der Waals surface area contributed by atoms with E-state index in [-0.39, 0.29) is 22.6 Å². The number of hydrogen-bond acceptors (Lipinski definition) is 3. The van der Waals surface area contributed by atoms with Crippen molar-refractivity contribution in [3.8, 4) is 0 Å². The first-order valence-corrected chi connectivity index (χ1v) is 7.66. The largest absolute Gasteiger partial charge is 0.446 e. The predicted octanol–water partition coefficient (Wildman–Crippen LogP) is 3.09. The van der Waals surface area contributed by atoms with E-state index in [1.54, 1.807) is 23.1 Å². The van der Waals surface area contributed by atoms with E-state index in [0.717, 1.165) is 13.1 Å². The van der Waals surface area contributed by atoms with E-state index < -0.39 is 5.51 Å². The van der Waals surface area contributed by atoms with Crippen LogP contribution in [-0.2, 0) is 4.79 Å². The van der Waals surface area contributed by atoms with Crippen molar-refractivity contribution in [2.75, 3.05) is 33.2 Å². The van der Waals surface area contributed by atoms with Gasteiger partial charge in [-0.2, -0.15) is 13.2 Å². The van der Waals surface area contributed by atoms with Gasteiger partial charge in [0.25, 0.3) is 0 Å². The molecule has 1 amide bonds. The summed E-state index contributed by atoms with van der Waals surface area (Å²) >= 11 is -0.147. The Morgan fingerprint density at radius 3 is 2.27 bits per heavy atom. The van der Waals surface area contributed by atoms with E-state index >= 15 is 0 Å². The molecule has 0 aliphatic carbocycles. The van der Waals surface area contributed by atoms with E-state index in [2.05, 4.69) is 4.90 Å². The first-order chi connectivity index (χ1) is 10.3. The number of thioether (sulfide) groups is 1. The van der Waals surface area contributed by atoms with Gasteiger partial charge in [0, 0.05) is 37.2 Å². The van der Waals surface area contributed by atoms with E-state index in [0.29, 0.717) is 18.7 Å². The van der Waals surface area contributed by atoms with E-state index in [1.807, 2.05) is 7.05 Å². The molecule has 1 aromatic carbocycles. The Balaban J connectivity index is 1.91. The molecule has 0 saturated carbocycles. The van der Waals surface area contributed by atoms with Crippen LogP contribution in [-0.4, -0.2) is 54.4 Å². The van der Waals surface area contributed by atoms with Crippen LogP contribution in [0.5, 0.6) is 0 Å². The van der Waals surface area contributed by atoms with Gasteiger partial charge in [0.2, 0.25) is 5.91 Å². The minimum absolute atomic E-state index is 0.0677. The van der Waals surface area contributed by atoms with Gasteiger partial charge in [-0.15, -0.1) is 0 Å². The fraction of sp³-hybridized carbons (Fsp3) is 0.400. The van der Waals surface area contributed by atoms with Crippen molar-refractivity contribution in [2.24, 2.45) is 0 Å². The van der Waals surface area contributed by atoms with Gasteiger partial charge in [0.05, 0.1) is 0 Å². The number of nitrogens with zero attached hydrogens (tertiary/aromatic N) is 2. The topological polar surface area (TPSA) is 23.6 Å². The summed E-state index contributed by atoms with van der Waals surface area (Å²) in [4.78, 5) is 16.1. The second-order valence-electron chi connectivity index (χ2n) is 5.08. The second-order valence-corrected chi connectivity index (χ2v) is 6.22. The lowest BCUT2D eigenvalue weighted by Gasteiger charge is -2.31. The molecule has 1 fully saturated rings. The monoisotopic (exact) mass is 330 g/mol. The Morgan fingerprint density at radius 2 is 1.73 bits per heavy atom. The molecule has 2 rings (SSSR count). The van der Waals surface area contributed by atoms with Crippen LogP contribution in [0.1, 0.15) is 5.56 Å². The minimum atomic E-state index is -4.28. The summed E-state index contributed by atoms with van der Waals surface area (Å²) < 4.78 is 36.7. The van der Waals surface area contributed by atoms with Gasteiger partial charge < -0.3 is 9.80 Å². The molecule has 120 valence electrons. The summed E-state index contributed by atoms with van der Waals surface area (Å²) in [5, 5.41) is 0. The number of amides is 1. The molecule has 22 heavy (non-hydrogen) atoms. The molecule has 1 aromatic rings. The Hall–Kier alpha value is -1.47. The maximum atomic E-state index is 12.2. The second kappa shape index (κ2) is 7.19. The number of alkyl halides is 3. The Bertz CT molecular complexity index is 535. The highest BCUT2D eigenvalue weighted by Crippen LogP contribution is 2.36. The van der Waals surface area contributed by atoms with Crippen molar-refractivity contribution in [3.05, 3.63) is 35.9 Å². The smallest absolute Gasteiger partial charge is 0.337 e. The van der Waals surface area contributed by atoms with Crippen molar-refractivity contribution in [1.29, 1.82) is 0 Å². The third kappa shape index (κ3) is 5.38. The predicted molar refractivity (Wildman–Crippen MR) is 81.5 cm³/mol. The van der Waals surface area contributed by atoms with Crippen LogP contribution in [0.15, 0.2) is 35.2 Å². The molecule has 7 heteroatoms. The van der Waals surface area contributed by atoms with Crippen molar-refractivity contribution in [3.63, 3.8) is 0 Å². The highest BCUT2D eigenvalue weighted by molar-refractivity contribution is 8.00. The molecule has 0 atom stereocenters. The zero-order valence-corrected chi connectivity index (χ0v) is 13.0. The Labute approximate surface area is 131 Å². The van der Waals surface area contributed by atoms with Crippen LogP contribution in [0.3, 0.4) is 0 Å². The third-order valence-corrected chi connectivity index (χ3v) is 4.09. The normalized spacial score (nSPS) is 17.2. The number of likely N-dealkylation sites (N-methyl/N-ethyl adjacent to an activating group) is 1. The van der Waals surface area contributed by atoms with Crippen LogP contribution in [0.2, 0.25) is 0 Å². The van der Waals surface area contributed by atoms with Gasteiger partial charge in [-0.1, -0.05) is 12.1 Å². The quantitative estimate of drug-likeness (QED) is 0.628. The summed E-state index contributed by atoms with van der Waals surface area (Å²) in [5.74, 6) is -0.0677. The summed E-state index contributed by atoms with van der Waals surface area (Å²) in [6.07, 6.45) is 3.10. The summed E-state index contributed by atoms with van der Waals surface area (Å²) in [7, 11) is 2.01. The fourth-order valence-corrected chi connectivity index (χ4v) is 2.62. The molecule has 1 saturated heterocycles.